The first-order valence-electron chi connectivity index (χ1n) is 2.75. The maximum atomic E-state index is 6.50. The van der Waals surface area contributed by atoms with Gasteiger partial charge in [0.25, 0.3) is 0 Å². The van der Waals surface area contributed by atoms with Crippen LogP contribution >= 0.6 is 0 Å². The van der Waals surface area contributed by atoms with E-state index in [1.165, 1.54) is 24.6 Å². The monoisotopic (exact) mass is 178 g/mol. The maximum absolute atomic E-state index is 6.50. The molecule has 0 unspecified atom stereocenters. The number of rotatable bonds is 3. The van der Waals surface area contributed by atoms with Crippen molar-refractivity contribution in [3.63, 3.8) is 0 Å². The van der Waals surface area contributed by atoms with Crippen LogP contribution in [0.2, 0.25) is 5.32 Å². The number of unbranched alkanes of at least 4 members (excludes halogenated alkanes) is 2. The van der Waals surface area contributed by atoms with E-state index in [9.17, 15) is 0 Å². The fourth-order valence-electron chi connectivity index (χ4n) is 0.352. The van der Waals surface area contributed by atoms with Crippen LogP contribution in [0.4, 0.5) is 0 Å². The van der Waals surface area contributed by atoms with Gasteiger partial charge >= 0.3 is 47.5 Å². The number of hydrogen-bond acceptors (Lipinski definition) is 1. The van der Waals surface area contributed by atoms with Gasteiger partial charge in [-0.25, -0.2) is 5.26 Å². The average molecular weight is 177 g/mol. The summed E-state index contributed by atoms with van der Waals surface area (Å²) in [6, 6.07) is 0. The Bertz CT molecular complexity index is 39.0. The van der Waals surface area contributed by atoms with Crippen LogP contribution in [-0.2, 0) is 0 Å². The van der Waals surface area contributed by atoms with Gasteiger partial charge in [-0.1, -0.05) is 0 Å². The van der Waals surface area contributed by atoms with Gasteiger partial charge in [-0.2, -0.15) is 0 Å². The zero-order valence-electron chi connectivity index (χ0n) is 5.26. The molecule has 0 saturated heterocycles. The first kappa shape index (κ1) is 10.9. The second-order valence-electron chi connectivity index (χ2n) is 1.41. The Labute approximate surface area is 59.9 Å². The van der Waals surface area contributed by atoms with Crippen molar-refractivity contribution in [3.8, 4) is 6.57 Å². The SMILES string of the molecule is C#N.CCCCC[Se]. The van der Waals surface area contributed by atoms with Crippen LogP contribution in [0.5, 0.6) is 0 Å². The van der Waals surface area contributed by atoms with Crippen LogP contribution in [-0.4, -0.2) is 16.0 Å². The first-order valence-corrected chi connectivity index (χ1v) is 3.97. The summed E-state index contributed by atoms with van der Waals surface area (Å²) in [5.74, 6) is 0. The molecule has 0 rings (SSSR count). The van der Waals surface area contributed by atoms with Crippen molar-refractivity contribution in [1.82, 2.24) is 0 Å². The normalized spacial score (nSPS) is 7.00. The standard InChI is InChI=1S/C5H11Se.CHN/c1-2-3-4-5-6;1-2/h2-5H2,1H3;1H. The summed E-state index contributed by atoms with van der Waals surface area (Å²) < 4.78 is 0. The Morgan fingerprint density at radius 1 is 1.38 bits per heavy atom. The number of nitrogens with zero attached hydrogens (tertiary/aromatic N) is 1. The molecule has 0 bridgehead atoms. The molecule has 0 saturated carbocycles. The predicted octanol–water partition coefficient (Wildman–Crippen LogP) is 1.90. The molecule has 0 aromatic rings. The Morgan fingerprint density at radius 3 is 2.00 bits per heavy atom. The van der Waals surface area contributed by atoms with Gasteiger partial charge in [0.2, 0.25) is 0 Å². The minimum atomic E-state index is 1.23. The third-order valence-electron chi connectivity index (χ3n) is 0.748. The van der Waals surface area contributed by atoms with Crippen molar-refractivity contribution < 1.29 is 0 Å². The molecule has 0 aliphatic heterocycles. The van der Waals surface area contributed by atoms with Crippen molar-refractivity contribution in [2.24, 2.45) is 0 Å². The Hall–Kier alpha value is 0.00948. The van der Waals surface area contributed by atoms with Crippen molar-refractivity contribution in [1.29, 1.82) is 5.26 Å². The van der Waals surface area contributed by atoms with E-state index in [1.54, 1.807) is 0 Å². The Kier molecular flexibility index (Phi) is 21.4. The van der Waals surface area contributed by atoms with Gasteiger partial charge in [-0.05, 0) is 0 Å². The molecule has 1 nitrogen and oxygen atoms in total. The van der Waals surface area contributed by atoms with E-state index in [1.807, 2.05) is 0 Å². The van der Waals surface area contributed by atoms with E-state index < -0.39 is 0 Å². The molecule has 0 aliphatic carbocycles. The van der Waals surface area contributed by atoms with Crippen LogP contribution in [0.1, 0.15) is 26.2 Å². The van der Waals surface area contributed by atoms with E-state index in [0.717, 1.165) is 0 Å². The number of hydrogen-bond donors (Lipinski definition) is 0. The molecule has 0 aliphatic rings. The van der Waals surface area contributed by atoms with Gasteiger partial charge in [0.15, 0.2) is 0 Å². The number of nitriles is 1. The summed E-state index contributed by atoms with van der Waals surface area (Å²) in [6.45, 7) is 5.72. The molecule has 0 fully saturated rings. The molecule has 0 spiro atoms. The predicted molar refractivity (Wildman–Crippen MR) is 36.8 cm³/mol. The third-order valence-corrected chi connectivity index (χ3v) is 1.35. The van der Waals surface area contributed by atoms with Gasteiger partial charge < -0.3 is 0 Å². The van der Waals surface area contributed by atoms with E-state index in [2.05, 4.69) is 29.5 Å². The first-order chi connectivity index (χ1) is 3.91. The molecular formula is C6H12NSe. The molecule has 0 N–H and O–H groups in total. The molecule has 0 atom stereocenters. The molecule has 0 aromatic heterocycles. The van der Waals surface area contributed by atoms with Crippen LogP contribution in [0.15, 0.2) is 0 Å². The molecule has 0 amide bonds. The summed E-state index contributed by atoms with van der Waals surface area (Å²) in [5.41, 5.74) is 0. The fraction of sp³-hybridized carbons (Fsp3) is 0.833. The van der Waals surface area contributed by atoms with Crippen LogP contribution in [0.25, 0.3) is 0 Å². The molecule has 0 heterocycles. The van der Waals surface area contributed by atoms with Crippen molar-refractivity contribution in [2.75, 3.05) is 0 Å². The van der Waals surface area contributed by atoms with Crippen LogP contribution in [0.3, 0.4) is 0 Å². The molecule has 8 heavy (non-hydrogen) atoms. The van der Waals surface area contributed by atoms with E-state index >= 15 is 0 Å². The quantitative estimate of drug-likeness (QED) is 0.477. The molecular weight excluding hydrogens is 165 g/mol. The summed E-state index contributed by atoms with van der Waals surface area (Å²) in [4.78, 5) is 0. The van der Waals surface area contributed by atoms with Crippen LogP contribution < -0.4 is 0 Å². The summed E-state index contributed by atoms with van der Waals surface area (Å²) in [5, 5.41) is 7.73. The third kappa shape index (κ3) is 16.7. The summed E-state index contributed by atoms with van der Waals surface area (Å²) >= 11 is 2.98. The average Bonchev–Trinajstić information content (AvgIpc) is 1.88. The van der Waals surface area contributed by atoms with Gasteiger partial charge in [-0.3, -0.25) is 0 Å². The molecule has 2 heteroatoms. The molecule has 0 aromatic carbocycles. The van der Waals surface area contributed by atoms with Crippen molar-refractivity contribution in [2.45, 2.75) is 31.5 Å². The van der Waals surface area contributed by atoms with Gasteiger partial charge in [-0.15, -0.1) is 0 Å². The topological polar surface area (TPSA) is 23.8 Å². The second kappa shape index (κ2) is 15.7. The Morgan fingerprint density at radius 2 is 1.88 bits per heavy atom. The van der Waals surface area contributed by atoms with Crippen LogP contribution in [0, 0.1) is 11.8 Å². The second-order valence-corrected chi connectivity index (χ2v) is 2.27. The summed E-state index contributed by atoms with van der Waals surface area (Å²) in [7, 11) is 0. The molecule has 47 valence electrons. The minimum absolute atomic E-state index is 1.23. The van der Waals surface area contributed by atoms with E-state index in [0.29, 0.717) is 0 Å². The Balaban J connectivity index is 0. The van der Waals surface area contributed by atoms with Gasteiger partial charge in [0, 0.05) is 6.57 Å². The van der Waals surface area contributed by atoms with Gasteiger partial charge in [0.05, 0.1) is 0 Å². The summed E-state index contributed by atoms with van der Waals surface area (Å²) in [6.07, 6.45) is 4.07. The zero-order valence-corrected chi connectivity index (χ0v) is 6.97. The fourth-order valence-corrected chi connectivity index (χ4v) is 0.780. The zero-order chi connectivity index (χ0) is 6.83. The molecule has 1 radical (unpaired) electrons. The van der Waals surface area contributed by atoms with Crippen molar-refractivity contribution in [3.05, 3.63) is 0 Å². The van der Waals surface area contributed by atoms with Gasteiger partial charge in [0.1, 0.15) is 0 Å². The van der Waals surface area contributed by atoms with E-state index in [-0.39, 0.29) is 0 Å². The van der Waals surface area contributed by atoms with E-state index in [4.69, 9.17) is 5.26 Å². The van der Waals surface area contributed by atoms with Crippen molar-refractivity contribution >= 4 is 16.0 Å².